The highest BCUT2D eigenvalue weighted by molar-refractivity contribution is 7.09. The van der Waals surface area contributed by atoms with Gasteiger partial charge in [0.15, 0.2) is 5.69 Å². The Morgan fingerprint density at radius 3 is 2.76 bits per heavy atom. The van der Waals surface area contributed by atoms with E-state index in [1.54, 1.807) is 35.4 Å². The second-order valence-electron chi connectivity index (χ2n) is 4.75. The first-order valence-electron chi connectivity index (χ1n) is 6.84. The molecular formula is C14H19N5OS. The van der Waals surface area contributed by atoms with Crippen molar-refractivity contribution in [2.75, 3.05) is 18.9 Å². The van der Waals surface area contributed by atoms with E-state index in [1.165, 1.54) is 0 Å². The Bertz CT molecular complexity index is 596. The lowest BCUT2D eigenvalue weighted by Crippen LogP contribution is -2.27. The molecule has 21 heavy (non-hydrogen) atoms. The van der Waals surface area contributed by atoms with Crippen molar-refractivity contribution in [1.82, 2.24) is 20.1 Å². The Balaban J connectivity index is 1.98. The standard InChI is InChI=1S/C14H19N5OS/c1-4-7-15-13-6-5-12(17-18-13)14(20)19(3)8-11-9-21-10(2)16-11/h5-6,9H,4,7-8H2,1-3H3,(H,15,18). The zero-order valence-electron chi connectivity index (χ0n) is 12.5. The van der Waals surface area contributed by atoms with Crippen molar-refractivity contribution in [1.29, 1.82) is 0 Å². The van der Waals surface area contributed by atoms with Gasteiger partial charge in [0.1, 0.15) is 5.82 Å². The molecular weight excluding hydrogens is 286 g/mol. The monoisotopic (exact) mass is 305 g/mol. The number of anilines is 1. The molecule has 0 atom stereocenters. The van der Waals surface area contributed by atoms with Crippen molar-refractivity contribution in [3.8, 4) is 0 Å². The molecule has 0 fully saturated rings. The molecule has 2 heterocycles. The van der Waals surface area contributed by atoms with Crippen molar-refractivity contribution >= 4 is 23.1 Å². The molecule has 0 saturated heterocycles. The third kappa shape index (κ3) is 4.22. The number of aryl methyl sites for hydroxylation is 1. The van der Waals surface area contributed by atoms with Gasteiger partial charge in [0, 0.05) is 19.0 Å². The Morgan fingerprint density at radius 1 is 1.38 bits per heavy atom. The Labute approximate surface area is 128 Å². The lowest BCUT2D eigenvalue weighted by Gasteiger charge is -2.15. The van der Waals surface area contributed by atoms with Crippen LogP contribution in [0.5, 0.6) is 0 Å². The predicted octanol–water partition coefficient (Wildman–Crippen LogP) is 2.34. The van der Waals surface area contributed by atoms with Crippen molar-refractivity contribution < 1.29 is 4.79 Å². The molecule has 0 saturated carbocycles. The van der Waals surface area contributed by atoms with E-state index in [0.29, 0.717) is 18.1 Å². The molecule has 0 bridgehead atoms. The molecule has 7 heteroatoms. The van der Waals surface area contributed by atoms with Crippen molar-refractivity contribution in [2.24, 2.45) is 0 Å². The van der Waals surface area contributed by atoms with Gasteiger partial charge in [0.2, 0.25) is 0 Å². The number of nitrogens with one attached hydrogen (secondary N) is 1. The maximum absolute atomic E-state index is 12.3. The number of rotatable bonds is 6. The number of hydrogen-bond acceptors (Lipinski definition) is 6. The van der Waals surface area contributed by atoms with E-state index in [-0.39, 0.29) is 5.91 Å². The first-order chi connectivity index (χ1) is 10.1. The smallest absolute Gasteiger partial charge is 0.274 e. The fraction of sp³-hybridized carbons (Fsp3) is 0.429. The first kappa shape index (κ1) is 15.4. The second-order valence-corrected chi connectivity index (χ2v) is 5.81. The number of carbonyl (C=O) groups is 1. The summed E-state index contributed by atoms with van der Waals surface area (Å²) in [6, 6.07) is 3.47. The van der Waals surface area contributed by atoms with Gasteiger partial charge < -0.3 is 10.2 Å². The lowest BCUT2D eigenvalue weighted by molar-refractivity contribution is 0.0776. The third-order valence-electron chi connectivity index (χ3n) is 2.85. The number of hydrogen-bond donors (Lipinski definition) is 1. The first-order valence-corrected chi connectivity index (χ1v) is 7.72. The van der Waals surface area contributed by atoms with E-state index in [1.807, 2.05) is 12.3 Å². The molecule has 0 aliphatic heterocycles. The zero-order valence-corrected chi connectivity index (χ0v) is 13.3. The van der Waals surface area contributed by atoms with Crippen LogP contribution in [0.25, 0.3) is 0 Å². The quantitative estimate of drug-likeness (QED) is 0.887. The minimum absolute atomic E-state index is 0.157. The van der Waals surface area contributed by atoms with Crippen molar-refractivity contribution in [3.63, 3.8) is 0 Å². The summed E-state index contributed by atoms with van der Waals surface area (Å²) in [6.07, 6.45) is 1.01. The van der Waals surface area contributed by atoms with Crippen LogP contribution in [0.3, 0.4) is 0 Å². The summed E-state index contributed by atoms with van der Waals surface area (Å²) in [4.78, 5) is 18.2. The average Bonchev–Trinajstić information content (AvgIpc) is 2.90. The molecule has 0 aliphatic carbocycles. The molecule has 0 aliphatic rings. The normalized spacial score (nSPS) is 10.4. The van der Waals surface area contributed by atoms with Gasteiger partial charge in [-0.3, -0.25) is 4.79 Å². The maximum atomic E-state index is 12.3. The summed E-state index contributed by atoms with van der Waals surface area (Å²) in [5.74, 6) is 0.529. The van der Waals surface area contributed by atoms with Gasteiger partial charge in [-0.1, -0.05) is 6.92 Å². The molecule has 112 valence electrons. The van der Waals surface area contributed by atoms with Crippen LogP contribution in [0.2, 0.25) is 0 Å². The van der Waals surface area contributed by atoms with E-state index in [0.717, 1.165) is 23.7 Å². The number of aromatic nitrogens is 3. The van der Waals surface area contributed by atoms with Crippen LogP contribution in [-0.2, 0) is 6.54 Å². The Kier molecular flexibility index (Phi) is 5.21. The largest absolute Gasteiger partial charge is 0.369 e. The molecule has 1 amide bonds. The minimum atomic E-state index is -0.157. The van der Waals surface area contributed by atoms with Gasteiger partial charge in [-0.15, -0.1) is 21.5 Å². The molecule has 0 aromatic carbocycles. The van der Waals surface area contributed by atoms with Crippen LogP contribution in [0.15, 0.2) is 17.5 Å². The molecule has 0 radical (unpaired) electrons. The van der Waals surface area contributed by atoms with E-state index in [2.05, 4.69) is 27.4 Å². The van der Waals surface area contributed by atoms with Crippen LogP contribution in [0, 0.1) is 6.92 Å². The molecule has 0 spiro atoms. The van der Waals surface area contributed by atoms with Crippen molar-refractivity contribution in [3.05, 3.63) is 33.9 Å². The highest BCUT2D eigenvalue weighted by Gasteiger charge is 2.15. The van der Waals surface area contributed by atoms with Crippen molar-refractivity contribution in [2.45, 2.75) is 26.8 Å². The molecule has 2 aromatic heterocycles. The van der Waals surface area contributed by atoms with Crippen LogP contribution >= 0.6 is 11.3 Å². The summed E-state index contributed by atoms with van der Waals surface area (Å²) in [6.45, 7) is 5.34. The second kappa shape index (κ2) is 7.12. The zero-order chi connectivity index (χ0) is 15.2. The molecule has 1 N–H and O–H groups in total. The minimum Gasteiger partial charge on any atom is -0.369 e. The van der Waals surface area contributed by atoms with Gasteiger partial charge >= 0.3 is 0 Å². The maximum Gasteiger partial charge on any atom is 0.274 e. The van der Waals surface area contributed by atoms with E-state index >= 15 is 0 Å². The summed E-state index contributed by atoms with van der Waals surface area (Å²) in [5, 5.41) is 14.1. The fourth-order valence-corrected chi connectivity index (χ4v) is 2.39. The van der Waals surface area contributed by atoms with Crippen LogP contribution in [0.1, 0.15) is 34.5 Å². The van der Waals surface area contributed by atoms with E-state index in [4.69, 9.17) is 0 Å². The number of nitrogens with zero attached hydrogens (tertiary/aromatic N) is 4. The van der Waals surface area contributed by atoms with Crippen LogP contribution < -0.4 is 5.32 Å². The fourth-order valence-electron chi connectivity index (χ4n) is 1.78. The molecule has 2 rings (SSSR count). The van der Waals surface area contributed by atoms with E-state index in [9.17, 15) is 4.79 Å². The van der Waals surface area contributed by atoms with E-state index < -0.39 is 0 Å². The molecule has 0 unspecified atom stereocenters. The highest BCUT2D eigenvalue weighted by Crippen LogP contribution is 2.11. The molecule has 2 aromatic rings. The number of thiazole rings is 1. The number of carbonyl (C=O) groups excluding carboxylic acids is 1. The van der Waals surface area contributed by atoms with Gasteiger partial charge in [-0.05, 0) is 25.5 Å². The Morgan fingerprint density at radius 2 is 2.19 bits per heavy atom. The van der Waals surface area contributed by atoms with Crippen LogP contribution in [-0.4, -0.2) is 39.6 Å². The predicted molar refractivity (Wildman–Crippen MR) is 83.5 cm³/mol. The average molecular weight is 305 g/mol. The SMILES string of the molecule is CCCNc1ccc(C(=O)N(C)Cc2csc(C)n2)nn1. The third-order valence-corrected chi connectivity index (χ3v) is 3.67. The summed E-state index contributed by atoms with van der Waals surface area (Å²) in [5.41, 5.74) is 1.23. The van der Waals surface area contributed by atoms with Gasteiger partial charge in [-0.2, -0.15) is 0 Å². The lowest BCUT2D eigenvalue weighted by atomic mass is 10.3. The summed E-state index contributed by atoms with van der Waals surface area (Å²) in [7, 11) is 1.74. The van der Waals surface area contributed by atoms with Gasteiger partial charge in [-0.25, -0.2) is 4.98 Å². The van der Waals surface area contributed by atoms with Crippen LogP contribution in [0.4, 0.5) is 5.82 Å². The summed E-state index contributed by atoms with van der Waals surface area (Å²) >= 11 is 1.58. The summed E-state index contributed by atoms with van der Waals surface area (Å²) < 4.78 is 0. The Hall–Kier alpha value is -2.02. The number of amides is 1. The topological polar surface area (TPSA) is 71.0 Å². The highest BCUT2D eigenvalue weighted by atomic mass is 32.1. The molecule has 6 nitrogen and oxygen atoms in total. The van der Waals surface area contributed by atoms with Gasteiger partial charge in [0.25, 0.3) is 5.91 Å². The van der Waals surface area contributed by atoms with Gasteiger partial charge in [0.05, 0.1) is 17.2 Å².